The Kier molecular flexibility index (Phi) is 2.52. The van der Waals surface area contributed by atoms with Crippen LogP contribution < -0.4 is 10.6 Å². The molecule has 0 amide bonds. The molecule has 0 saturated carbocycles. The summed E-state index contributed by atoms with van der Waals surface area (Å²) in [6.07, 6.45) is 0. The molecule has 3 N–H and O–H groups in total. The molecule has 0 spiro atoms. The minimum Gasteiger partial charge on any atom is -0.387 e. The molecule has 0 unspecified atom stereocenters. The van der Waals surface area contributed by atoms with Crippen molar-refractivity contribution in [2.24, 2.45) is 0 Å². The van der Waals surface area contributed by atoms with Gasteiger partial charge < -0.3 is 15.1 Å². The molecule has 0 atom stereocenters. The van der Waals surface area contributed by atoms with Gasteiger partial charge in [0.15, 0.2) is 0 Å². The lowest BCUT2D eigenvalue weighted by Crippen LogP contribution is -2.09. The third-order valence-corrected chi connectivity index (χ3v) is 2.50. The fraction of sp³-hybridized carbons (Fsp3) is 0.143. The van der Waals surface area contributed by atoms with E-state index >= 15 is 0 Å². The normalized spacial score (nSPS) is 11.2. The molecular weight excluding hydrogens is 177 g/mol. The SMILES string of the molecule is CNc1ccccc1P(=O)(O)O. The third kappa shape index (κ3) is 1.85. The molecule has 0 aliphatic rings. The van der Waals surface area contributed by atoms with E-state index in [2.05, 4.69) is 5.32 Å². The van der Waals surface area contributed by atoms with Gasteiger partial charge in [0.2, 0.25) is 0 Å². The van der Waals surface area contributed by atoms with Gasteiger partial charge in [-0.3, -0.25) is 4.57 Å². The van der Waals surface area contributed by atoms with Crippen LogP contribution in [0.5, 0.6) is 0 Å². The van der Waals surface area contributed by atoms with Gasteiger partial charge in [0, 0.05) is 12.7 Å². The molecule has 0 bridgehead atoms. The first-order chi connectivity index (χ1) is 5.55. The molecule has 1 aromatic rings. The summed E-state index contributed by atoms with van der Waals surface area (Å²) >= 11 is 0. The molecule has 66 valence electrons. The molecule has 0 aliphatic heterocycles. The Bertz CT molecular complexity index is 320. The zero-order chi connectivity index (χ0) is 9.19. The molecule has 0 fully saturated rings. The smallest absolute Gasteiger partial charge is 0.358 e. The lowest BCUT2D eigenvalue weighted by atomic mass is 10.3. The van der Waals surface area contributed by atoms with Crippen molar-refractivity contribution in [1.29, 1.82) is 0 Å². The van der Waals surface area contributed by atoms with Crippen LogP contribution in [0.3, 0.4) is 0 Å². The number of para-hydroxylation sites is 1. The van der Waals surface area contributed by atoms with Gasteiger partial charge in [0.25, 0.3) is 0 Å². The summed E-state index contributed by atoms with van der Waals surface area (Å²) < 4.78 is 10.9. The lowest BCUT2D eigenvalue weighted by molar-refractivity contribution is 0.387. The Labute approximate surface area is 70.4 Å². The Morgan fingerprint density at radius 3 is 2.33 bits per heavy atom. The predicted molar refractivity (Wildman–Crippen MR) is 47.7 cm³/mol. The second-order valence-corrected chi connectivity index (χ2v) is 3.88. The number of benzene rings is 1. The van der Waals surface area contributed by atoms with E-state index in [0.717, 1.165) is 0 Å². The molecule has 0 aliphatic carbocycles. The molecule has 5 heteroatoms. The molecule has 0 heterocycles. The first-order valence-corrected chi connectivity index (χ1v) is 5.00. The highest BCUT2D eigenvalue weighted by atomic mass is 31.2. The van der Waals surface area contributed by atoms with E-state index in [-0.39, 0.29) is 5.30 Å². The molecule has 0 saturated heterocycles. The van der Waals surface area contributed by atoms with Crippen molar-refractivity contribution in [3.8, 4) is 0 Å². The van der Waals surface area contributed by atoms with Gasteiger partial charge in [-0.25, -0.2) is 0 Å². The Balaban J connectivity index is 3.23. The summed E-state index contributed by atoms with van der Waals surface area (Å²) in [6.45, 7) is 0. The minimum absolute atomic E-state index is 0.0347. The first kappa shape index (κ1) is 9.26. The maximum atomic E-state index is 10.9. The number of hydrogen-bond donors (Lipinski definition) is 3. The Morgan fingerprint density at radius 1 is 1.33 bits per heavy atom. The van der Waals surface area contributed by atoms with Gasteiger partial charge in [0.05, 0.1) is 5.30 Å². The van der Waals surface area contributed by atoms with Crippen LogP contribution in [0.1, 0.15) is 0 Å². The molecule has 1 aromatic carbocycles. The maximum absolute atomic E-state index is 10.9. The van der Waals surface area contributed by atoms with E-state index in [9.17, 15) is 4.57 Å². The van der Waals surface area contributed by atoms with Crippen LogP contribution in [-0.2, 0) is 4.57 Å². The minimum atomic E-state index is -4.13. The van der Waals surface area contributed by atoms with E-state index < -0.39 is 7.60 Å². The van der Waals surface area contributed by atoms with Crippen molar-refractivity contribution < 1.29 is 14.4 Å². The van der Waals surface area contributed by atoms with Crippen molar-refractivity contribution in [2.45, 2.75) is 0 Å². The van der Waals surface area contributed by atoms with E-state index in [4.69, 9.17) is 9.79 Å². The van der Waals surface area contributed by atoms with Gasteiger partial charge in [0.1, 0.15) is 0 Å². The van der Waals surface area contributed by atoms with Crippen LogP contribution in [-0.4, -0.2) is 16.8 Å². The largest absolute Gasteiger partial charge is 0.387 e. The molecule has 0 radical (unpaired) electrons. The number of hydrogen-bond acceptors (Lipinski definition) is 2. The monoisotopic (exact) mass is 187 g/mol. The Morgan fingerprint density at radius 2 is 1.92 bits per heavy atom. The summed E-state index contributed by atoms with van der Waals surface area (Å²) in [5.41, 5.74) is 0.464. The first-order valence-electron chi connectivity index (χ1n) is 3.38. The topological polar surface area (TPSA) is 69.6 Å². The molecular formula is C7H10NO3P. The Hall–Kier alpha value is -0.830. The van der Waals surface area contributed by atoms with Gasteiger partial charge >= 0.3 is 7.60 Å². The van der Waals surface area contributed by atoms with Crippen LogP contribution >= 0.6 is 7.60 Å². The third-order valence-electron chi connectivity index (χ3n) is 1.49. The fourth-order valence-electron chi connectivity index (χ4n) is 0.939. The standard InChI is InChI=1S/C7H10NO3P/c1-8-6-4-2-3-5-7(6)12(9,10)11/h2-5,8H,1H3,(H2,9,10,11). The van der Waals surface area contributed by atoms with Crippen molar-refractivity contribution in [1.82, 2.24) is 0 Å². The van der Waals surface area contributed by atoms with E-state index in [1.807, 2.05) is 0 Å². The highest BCUT2D eigenvalue weighted by Crippen LogP contribution is 2.35. The molecule has 12 heavy (non-hydrogen) atoms. The zero-order valence-electron chi connectivity index (χ0n) is 6.56. The summed E-state index contributed by atoms with van der Waals surface area (Å²) in [5, 5.41) is 2.74. The van der Waals surface area contributed by atoms with E-state index in [1.54, 1.807) is 25.2 Å². The van der Waals surface area contributed by atoms with Gasteiger partial charge in [-0.15, -0.1) is 0 Å². The molecule has 0 aromatic heterocycles. The fourth-order valence-corrected chi connectivity index (χ4v) is 1.72. The summed E-state index contributed by atoms with van der Waals surface area (Å²) in [7, 11) is -2.52. The highest BCUT2D eigenvalue weighted by Gasteiger charge is 2.19. The zero-order valence-corrected chi connectivity index (χ0v) is 7.45. The number of nitrogens with one attached hydrogen (secondary N) is 1. The highest BCUT2D eigenvalue weighted by molar-refractivity contribution is 7.60. The second kappa shape index (κ2) is 3.27. The van der Waals surface area contributed by atoms with Crippen molar-refractivity contribution >= 4 is 18.6 Å². The van der Waals surface area contributed by atoms with Gasteiger partial charge in [-0.1, -0.05) is 12.1 Å². The molecule has 1 rings (SSSR count). The average Bonchev–Trinajstić information content (AvgIpc) is 2.03. The van der Waals surface area contributed by atoms with Gasteiger partial charge in [-0.05, 0) is 12.1 Å². The second-order valence-electron chi connectivity index (χ2n) is 2.31. The van der Waals surface area contributed by atoms with E-state index in [0.29, 0.717) is 5.69 Å². The lowest BCUT2D eigenvalue weighted by Gasteiger charge is -2.09. The van der Waals surface area contributed by atoms with Crippen molar-refractivity contribution in [3.05, 3.63) is 24.3 Å². The summed E-state index contributed by atoms with van der Waals surface area (Å²) in [4.78, 5) is 17.7. The van der Waals surface area contributed by atoms with Crippen molar-refractivity contribution in [3.63, 3.8) is 0 Å². The maximum Gasteiger partial charge on any atom is 0.358 e. The summed E-state index contributed by atoms with van der Waals surface area (Å²) in [5.74, 6) is 0. The van der Waals surface area contributed by atoms with Crippen LogP contribution in [0.25, 0.3) is 0 Å². The number of anilines is 1. The van der Waals surface area contributed by atoms with Crippen LogP contribution in [0.4, 0.5) is 5.69 Å². The van der Waals surface area contributed by atoms with Crippen molar-refractivity contribution in [2.75, 3.05) is 12.4 Å². The van der Waals surface area contributed by atoms with E-state index in [1.165, 1.54) is 6.07 Å². The number of rotatable bonds is 2. The molecule has 4 nitrogen and oxygen atoms in total. The average molecular weight is 187 g/mol. The van der Waals surface area contributed by atoms with Crippen LogP contribution in [0.15, 0.2) is 24.3 Å². The van der Waals surface area contributed by atoms with Gasteiger partial charge in [-0.2, -0.15) is 0 Å². The van der Waals surface area contributed by atoms with Crippen LogP contribution in [0, 0.1) is 0 Å². The summed E-state index contributed by atoms with van der Waals surface area (Å²) in [6, 6.07) is 6.33. The quantitative estimate of drug-likeness (QED) is 0.591. The predicted octanol–water partition coefficient (Wildman–Crippen LogP) is 0.531. The van der Waals surface area contributed by atoms with Crippen LogP contribution in [0.2, 0.25) is 0 Å².